The van der Waals surface area contributed by atoms with Crippen molar-refractivity contribution >= 4 is 44.2 Å². The maximum absolute atomic E-state index is 11.9. The first-order valence-corrected chi connectivity index (χ1v) is 11.7. The van der Waals surface area contributed by atoms with Crippen LogP contribution in [0.4, 0.5) is 5.13 Å². The first kappa shape index (κ1) is 19.1. The molecule has 0 saturated heterocycles. The molecule has 1 aromatic rings. The van der Waals surface area contributed by atoms with Gasteiger partial charge in [-0.2, -0.15) is 0 Å². The standard InChI is InChI=1S/C17H26ClN3O2S2/c1-11(2)25(22,23)19-10-12-3-6-14(7-4-12)20-17-21-15-9-13(18)5-8-16(15)24-17/h9,11-12,14,19H,3-8,10H2,1-2H3,(H,20,21)/t12-,14-. The highest BCUT2D eigenvalue weighted by atomic mass is 35.5. The lowest BCUT2D eigenvalue weighted by Gasteiger charge is -2.29. The van der Waals surface area contributed by atoms with E-state index in [1.54, 1.807) is 25.2 Å². The molecular weight excluding hydrogens is 378 g/mol. The second kappa shape index (κ2) is 7.94. The number of hydrogen-bond donors (Lipinski definition) is 2. The third kappa shape index (κ3) is 4.96. The number of aromatic nitrogens is 1. The van der Waals surface area contributed by atoms with Crippen molar-refractivity contribution in [3.05, 3.63) is 15.6 Å². The summed E-state index contributed by atoms with van der Waals surface area (Å²) in [4.78, 5) is 5.97. The minimum absolute atomic E-state index is 0.371. The second-order valence-corrected chi connectivity index (χ2v) is 11.1. The molecule has 140 valence electrons. The predicted octanol–water partition coefficient (Wildman–Crippen LogP) is 3.97. The van der Waals surface area contributed by atoms with Crippen molar-refractivity contribution in [1.29, 1.82) is 0 Å². The highest BCUT2D eigenvalue weighted by Gasteiger charge is 2.25. The Morgan fingerprint density at radius 1 is 1.28 bits per heavy atom. The number of rotatable bonds is 6. The van der Waals surface area contributed by atoms with Crippen molar-refractivity contribution in [3.8, 4) is 0 Å². The molecule has 8 heteroatoms. The van der Waals surface area contributed by atoms with E-state index in [0.717, 1.165) is 54.4 Å². The van der Waals surface area contributed by atoms with E-state index in [2.05, 4.69) is 15.0 Å². The lowest BCUT2D eigenvalue weighted by Crippen LogP contribution is -2.37. The van der Waals surface area contributed by atoms with Crippen molar-refractivity contribution in [2.45, 2.75) is 63.7 Å². The monoisotopic (exact) mass is 403 g/mol. The molecule has 0 bridgehead atoms. The topological polar surface area (TPSA) is 71.1 Å². The van der Waals surface area contributed by atoms with Gasteiger partial charge in [-0.05, 0) is 64.4 Å². The first-order valence-electron chi connectivity index (χ1n) is 8.94. The summed E-state index contributed by atoms with van der Waals surface area (Å²) in [5.41, 5.74) is 1.01. The minimum Gasteiger partial charge on any atom is -0.359 e. The van der Waals surface area contributed by atoms with E-state index in [0.29, 0.717) is 18.5 Å². The summed E-state index contributed by atoms with van der Waals surface area (Å²) in [5, 5.41) is 5.06. The van der Waals surface area contributed by atoms with E-state index in [1.165, 1.54) is 4.88 Å². The van der Waals surface area contributed by atoms with Crippen LogP contribution in [0.1, 0.15) is 56.5 Å². The molecule has 2 aliphatic rings. The van der Waals surface area contributed by atoms with Gasteiger partial charge in [0.05, 0.1) is 10.9 Å². The lowest BCUT2D eigenvalue weighted by molar-refractivity contribution is 0.337. The fourth-order valence-electron chi connectivity index (χ4n) is 3.26. The van der Waals surface area contributed by atoms with E-state index >= 15 is 0 Å². The number of allylic oxidation sites excluding steroid dienone is 1. The maximum atomic E-state index is 11.9. The van der Waals surface area contributed by atoms with Crippen LogP contribution in [0.3, 0.4) is 0 Å². The summed E-state index contributed by atoms with van der Waals surface area (Å²) >= 11 is 7.83. The van der Waals surface area contributed by atoms with E-state index in [1.807, 2.05) is 6.08 Å². The van der Waals surface area contributed by atoms with Gasteiger partial charge in [-0.1, -0.05) is 11.6 Å². The normalized spacial score (nSPS) is 24.1. The van der Waals surface area contributed by atoms with Gasteiger partial charge in [-0.15, -0.1) is 11.3 Å². The van der Waals surface area contributed by atoms with Crippen LogP contribution in [-0.2, 0) is 16.4 Å². The molecular formula is C17H26ClN3O2S2. The van der Waals surface area contributed by atoms with Gasteiger partial charge in [-0.3, -0.25) is 0 Å². The molecule has 0 spiro atoms. The molecule has 25 heavy (non-hydrogen) atoms. The maximum Gasteiger partial charge on any atom is 0.213 e. The zero-order valence-electron chi connectivity index (χ0n) is 14.7. The molecule has 0 unspecified atom stereocenters. The number of halogens is 1. The van der Waals surface area contributed by atoms with Crippen molar-refractivity contribution in [1.82, 2.24) is 9.71 Å². The van der Waals surface area contributed by atoms with E-state index in [4.69, 9.17) is 11.6 Å². The summed E-state index contributed by atoms with van der Waals surface area (Å²) in [7, 11) is -3.16. The molecule has 2 N–H and O–H groups in total. The highest BCUT2D eigenvalue weighted by molar-refractivity contribution is 7.90. The summed E-state index contributed by atoms with van der Waals surface area (Å²) in [6, 6.07) is 0.421. The third-order valence-electron chi connectivity index (χ3n) is 4.98. The van der Waals surface area contributed by atoms with Gasteiger partial charge in [-0.25, -0.2) is 18.1 Å². The highest BCUT2D eigenvalue weighted by Crippen LogP contribution is 2.34. The fourth-order valence-corrected chi connectivity index (χ4v) is 5.27. The van der Waals surface area contributed by atoms with Crippen molar-refractivity contribution in [2.24, 2.45) is 5.92 Å². The molecule has 1 heterocycles. The number of fused-ring (bicyclic) bond motifs is 1. The summed E-state index contributed by atoms with van der Waals surface area (Å²) in [6.45, 7) is 3.97. The van der Waals surface area contributed by atoms with Crippen molar-refractivity contribution in [2.75, 3.05) is 11.9 Å². The molecule has 0 aromatic carbocycles. The van der Waals surface area contributed by atoms with Gasteiger partial charge in [0.15, 0.2) is 5.13 Å². The number of anilines is 1. The third-order valence-corrected chi connectivity index (χ3v) is 8.15. The molecule has 1 saturated carbocycles. The Balaban J connectivity index is 1.47. The lowest BCUT2D eigenvalue weighted by atomic mass is 9.86. The van der Waals surface area contributed by atoms with Crippen LogP contribution in [0.25, 0.3) is 6.08 Å². The Bertz CT molecular complexity index is 735. The van der Waals surface area contributed by atoms with Gasteiger partial charge in [0.2, 0.25) is 10.0 Å². The number of sulfonamides is 1. The Hall–Kier alpha value is -0.630. The van der Waals surface area contributed by atoms with Crippen LogP contribution in [-0.4, -0.2) is 31.2 Å². The molecule has 2 aliphatic carbocycles. The number of hydrogen-bond acceptors (Lipinski definition) is 5. The fraction of sp³-hybridized carbons (Fsp3) is 0.706. The molecule has 1 fully saturated rings. The van der Waals surface area contributed by atoms with Crippen LogP contribution < -0.4 is 10.0 Å². The average molecular weight is 404 g/mol. The molecule has 3 rings (SSSR count). The summed E-state index contributed by atoms with van der Waals surface area (Å²) < 4.78 is 26.5. The van der Waals surface area contributed by atoms with Gasteiger partial charge in [0.25, 0.3) is 0 Å². The van der Waals surface area contributed by atoms with Crippen LogP contribution in [0.5, 0.6) is 0 Å². The Labute approximate surface area is 159 Å². The van der Waals surface area contributed by atoms with Gasteiger partial charge in [0.1, 0.15) is 0 Å². The molecule has 0 aliphatic heterocycles. The average Bonchev–Trinajstić information content (AvgIpc) is 2.95. The quantitative estimate of drug-likeness (QED) is 0.753. The van der Waals surface area contributed by atoms with Crippen molar-refractivity contribution in [3.63, 3.8) is 0 Å². The molecule has 0 radical (unpaired) electrons. The molecule has 5 nitrogen and oxygen atoms in total. The molecule has 0 amide bonds. The summed E-state index contributed by atoms with van der Waals surface area (Å²) in [5.74, 6) is 0.429. The SMILES string of the molecule is CC(C)S(=O)(=O)NC[C@H]1CC[C@H](Nc2nc3c(s2)CCC(Cl)=C3)CC1. The van der Waals surface area contributed by atoms with Crippen LogP contribution in [0, 0.1) is 5.92 Å². The van der Waals surface area contributed by atoms with Gasteiger partial charge >= 0.3 is 0 Å². The molecule has 1 aromatic heterocycles. The Kier molecular flexibility index (Phi) is 6.08. The second-order valence-electron chi connectivity index (χ2n) is 7.22. The number of thiazole rings is 1. The Morgan fingerprint density at radius 2 is 2.00 bits per heavy atom. The number of nitrogens with one attached hydrogen (secondary N) is 2. The predicted molar refractivity (Wildman–Crippen MR) is 106 cm³/mol. The van der Waals surface area contributed by atoms with Crippen molar-refractivity contribution < 1.29 is 8.42 Å². The smallest absolute Gasteiger partial charge is 0.213 e. The Morgan fingerprint density at radius 3 is 2.68 bits per heavy atom. The van der Waals surface area contributed by atoms with Crippen LogP contribution in [0.15, 0.2) is 5.03 Å². The first-order chi connectivity index (χ1) is 11.8. The van der Waals surface area contributed by atoms with Gasteiger partial charge in [0, 0.05) is 22.5 Å². The van der Waals surface area contributed by atoms with E-state index in [9.17, 15) is 8.42 Å². The van der Waals surface area contributed by atoms with Crippen LogP contribution in [0.2, 0.25) is 0 Å². The largest absolute Gasteiger partial charge is 0.359 e. The minimum atomic E-state index is -3.16. The number of nitrogens with zero attached hydrogens (tertiary/aromatic N) is 1. The van der Waals surface area contributed by atoms with Gasteiger partial charge < -0.3 is 5.32 Å². The number of aryl methyl sites for hydroxylation is 1. The molecule has 0 atom stereocenters. The zero-order valence-corrected chi connectivity index (χ0v) is 17.1. The van der Waals surface area contributed by atoms with Crippen LogP contribution >= 0.6 is 22.9 Å². The zero-order chi connectivity index (χ0) is 18.0. The summed E-state index contributed by atoms with van der Waals surface area (Å²) in [6.07, 6.45) is 8.04. The van der Waals surface area contributed by atoms with E-state index in [-0.39, 0.29) is 5.25 Å². The van der Waals surface area contributed by atoms with E-state index < -0.39 is 10.0 Å².